The Kier molecular flexibility index (Phi) is 6.32. The minimum atomic E-state index is -3.56. The fourth-order valence-electron chi connectivity index (χ4n) is 1.73. The van der Waals surface area contributed by atoms with E-state index >= 15 is 0 Å². The molecule has 0 aliphatic heterocycles. The van der Waals surface area contributed by atoms with E-state index < -0.39 is 10.0 Å². The first-order valence-electron chi connectivity index (χ1n) is 6.87. The molecule has 1 aromatic rings. The largest absolute Gasteiger partial charge is 0.350 e. The van der Waals surface area contributed by atoms with Gasteiger partial charge in [0.05, 0.1) is 4.90 Å². The van der Waals surface area contributed by atoms with E-state index in [-0.39, 0.29) is 16.8 Å². The van der Waals surface area contributed by atoms with Crippen molar-refractivity contribution in [3.63, 3.8) is 0 Å². The number of nitrogens with one attached hydrogen (secondary N) is 3. The zero-order valence-corrected chi connectivity index (χ0v) is 13.7. The van der Waals surface area contributed by atoms with Crippen LogP contribution < -0.4 is 15.4 Å². The summed E-state index contributed by atoms with van der Waals surface area (Å²) in [5, 5.41) is 5.80. The third-order valence-corrected chi connectivity index (χ3v) is 4.70. The molecule has 118 valence electrons. The van der Waals surface area contributed by atoms with E-state index in [4.69, 9.17) is 0 Å². The molecular weight excluding hydrogens is 290 g/mol. The fraction of sp³-hybridized carbons (Fsp3) is 0.500. The first kappa shape index (κ1) is 17.6. The second-order valence-corrected chi connectivity index (χ2v) is 6.64. The zero-order chi connectivity index (χ0) is 16.0. The number of hydrogen-bond donors (Lipinski definition) is 3. The van der Waals surface area contributed by atoms with Crippen LogP contribution in [0.15, 0.2) is 23.1 Å². The summed E-state index contributed by atoms with van der Waals surface area (Å²) in [6.45, 7) is 6.20. The number of sulfonamides is 1. The molecule has 1 atom stereocenters. The van der Waals surface area contributed by atoms with Crippen LogP contribution in [0.1, 0.15) is 29.8 Å². The molecule has 0 fully saturated rings. The zero-order valence-electron chi connectivity index (χ0n) is 12.9. The smallest absolute Gasteiger partial charge is 0.251 e. The van der Waals surface area contributed by atoms with Gasteiger partial charge in [-0.25, -0.2) is 13.1 Å². The Labute approximate surface area is 126 Å². The highest BCUT2D eigenvalue weighted by molar-refractivity contribution is 7.89. The van der Waals surface area contributed by atoms with Crippen molar-refractivity contribution in [3.05, 3.63) is 29.3 Å². The van der Waals surface area contributed by atoms with E-state index in [0.29, 0.717) is 18.7 Å². The molecule has 1 rings (SSSR count). The number of amides is 1. The molecule has 0 radical (unpaired) electrons. The fourth-order valence-corrected chi connectivity index (χ4v) is 2.80. The van der Waals surface area contributed by atoms with E-state index in [1.165, 1.54) is 12.1 Å². The second-order valence-electron chi connectivity index (χ2n) is 4.88. The quantitative estimate of drug-likeness (QED) is 0.689. The maximum absolute atomic E-state index is 12.2. The summed E-state index contributed by atoms with van der Waals surface area (Å²) >= 11 is 0. The van der Waals surface area contributed by atoms with Crippen LogP contribution in [-0.2, 0) is 10.0 Å². The summed E-state index contributed by atoms with van der Waals surface area (Å²) < 4.78 is 26.4. The lowest BCUT2D eigenvalue weighted by Crippen LogP contribution is -2.37. The standard InChI is InChI=1S/C14H23N3O3S/c1-5-17-21(19,20)12-7-6-10(2)13(8-12)14(18)16-9-11(3)15-4/h6-8,11,15,17H,5,9H2,1-4H3,(H,16,18). The van der Waals surface area contributed by atoms with Crippen LogP contribution in [0.25, 0.3) is 0 Å². The molecule has 0 bridgehead atoms. The number of hydrogen-bond acceptors (Lipinski definition) is 4. The summed E-state index contributed by atoms with van der Waals surface area (Å²) in [5.41, 5.74) is 1.11. The van der Waals surface area contributed by atoms with Crippen molar-refractivity contribution in [2.24, 2.45) is 0 Å². The Morgan fingerprint density at radius 3 is 2.57 bits per heavy atom. The average Bonchev–Trinajstić information content (AvgIpc) is 2.44. The first-order chi connectivity index (χ1) is 9.81. The Morgan fingerprint density at radius 2 is 2.00 bits per heavy atom. The molecule has 0 saturated heterocycles. The summed E-state index contributed by atoms with van der Waals surface area (Å²) in [7, 11) is -1.75. The summed E-state index contributed by atoms with van der Waals surface area (Å²) in [6.07, 6.45) is 0. The molecule has 6 nitrogen and oxygen atoms in total. The van der Waals surface area contributed by atoms with Crippen LogP contribution >= 0.6 is 0 Å². The van der Waals surface area contributed by atoms with E-state index in [2.05, 4.69) is 15.4 Å². The van der Waals surface area contributed by atoms with Crippen molar-refractivity contribution in [3.8, 4) is 0 Å². The lowest BCUT2D eigenvalue weighted by Gasteiger charge is -2.13. The van der Waals surface area contributed by atoms with Gasteiger partial charge < -0.3 is 10.6 Å². The summed E-state index contributed by atoms with van der Waals surface area (Å²) in [5.74, 6) is -0.275. The molecule has 0 aromatic heterocycles. The maximum Gasteiger partial charge on any atom is 0.251 e. The highest BCUT2D eigenvalue weighted by Crippen LogP contribution is 2.15. The van der Waals surface area contributed by atoms with Crippen LogP contribution in [0.4, 0.5) is 0 Å². The summed E-state index contributed by atoms with van der Waals surface area (Å²) in [4.78, 5) is 12.3. The molecule has 0 spiro atoms. The Bertz CT molecular complexity index is 599. The van der Waals surface area contributed by atoms with E-state index in [0.717, 1.165) is 5.56 Å². The average molecular weight is 313 g/mol. The number of likely N-dealkylation sites (N-methyl/N-ethyl adjacent to an activating group) is 1. The number of benzene rings is 1. The van der Waals surface area contributed by atoms with Gasteiger partial charge in [-0.15, -0.1) is 0 Å². The first-order valence-corrected chi connectivity index (χ1v) is 8.36. The molecule has 0 saturated carbocycles. The van der Waals surface area contributed by atoms with Gasteiger partial charge in [-0.2, -0.15) is 0 Å². The van der Waals surface area contributed by atoms with Gasteiger partial charge in [-0.3, -0.25) is 4.79 Å². The van der Waals surface area contributed by atoms with Crippen molar-refractivity contribution < 1.29 is 13.2 Å². The van der Waals surface area contributed by atoms with Crippen molar-refractivity contribution in [1.29, 1.82) is 0 Å². The van der Waals surface area contributed by atoms with Gasteiger partial charge in [0.25, 0.3) is 5.91 Å². The number of carbonyl (C=O) groups excluding carboxylic acids is 1. The van der Waals surface area contributed by atoms with E-state index in [1.807, 2.05) is 14.0 Å². The molecule has 1 amide bonds. The highest BCUT2D eigenvalue weighted by Gasteiger charge is 2.17. The Morgan fingerprint density at radius 1 is 1.33 bits per heavy atom. The van der Waals surface area contributed by atoms with Crippen molar-refractivity contribution >= 4 is 15.9 Å². The van der Waals surface area contributed by atoms with Gasteiger partial charge in [-0.1, -0.05) is 13.0 Å². The van der Waals surface area contributed by atoms with Crippen molar-refractivity contribution in [2.45, 2.75) is 31.7 Å². The number of aryl methyl sites for hydroxylation is 1. The van der Waals surface area contributed by atoms with Gasteiger partial charge in [0.15, 0.2) is 0 Å². The predicted octanol–water partition coefficient (Wildman–Crippen LogP) is 0.631. The monoisotopic (exact) mass is 313 g/mol. The van der Waals surface area contributed by atoms with Crippen LogP contribution in [0.2, 0.25) is 0 Å². The second kappa shape index (κ2) is 7.53. The van der Waals surface area contributed by atoms with Gasteiger partial charge in [0.2, 0.25) is 10.0 Å². The molecule has 0 heterocycles. The van der Waals surface area contributed by atoms with Gasteiger partial charge in [0, 0.05) is 24.7 Å². The van der Waals surface area contributed by atoms with Gasteiger partial charge >= 0.3 is 0 Å². The molecular formula is C14H23N3O3S. The van der Waals surface area contributed by atoms with E-state index in [1.54, 1.807) is 19.9 Å². The van der Waals surface area contributed by atoms with E-state index in [9.17, 15) is 13.2 Å². The molecule has 3 N–H and O–H groups in total. The topological polar surface area (TPSA) is 87.3 Å². The van der Waals surface area contributed by atoms with Gasteiger partial charge in [0.1, 0.15) is 0 Å². The predicted molar refractivity (Wildman–Crippen MR) is 82.9 cm³/mol. The number of carbonyl (C=O) groups is 1. The third kappa shape index (κ3) is 4.80. The highest BCUT2D eigenvalue weighted by atomic mass is 32.2. The minimum Gasteiger partial charge on any atom is -0.350 e. The van der Waals surface area contributed by atoms with Crippen LogP contribution in [0.3, 0.4) is 0 Å². The van der Waals surface area contributed by atoms with Crippen LogP contribution in [0.5, 0.6) is 0 Å². The van der Waals surface area contributed by atoms with Crippen molar-refractivity contribution in [2.75, 3.05) is 20.1 Å². The van der Waals surface area contributed by atoms with Crippen LogP contribution in [-0.4, -0.2) is 40.5 Å². The molecule has 0 aliphatic rings. The SMILES string of the molecule is CCNS(=O)(=O)c1ccc(C)c(C(=O)NCC(C)NC)c1. The minimum absolute atomic E-state index is 0.0989. The molecule has 7 heteroatoms. The lowest BCUT2D eigenvalue weighted by molar-refractivity contribution is 0.0949. The van der Waals surface area contributed by atoms with Crippen molar-refractivity contribution in [1.82, 2.24) is 15.4 Å². The normalized spacial score (nSPS) is 13.0. The van der Waals surface area contributed by atoms with Crippen LogP contribution in [0, 0.1) is 6.92 Å². The lowest BCUT2D eigenvalue weighted by atomic mass is 10.1. The molecule has 0 aliphatic carbocycles. The summed E-state index contributed by atoms with van der Waals surface area (Å²) in [6, 6.07) is 4.69. The maximum atomic E-state index is 12.2. The van der Waals surface area contributed by atoms with Gasteiger partial charge in [-0.05, 0) is 38.6 Å². The molecule has 1 aromatic carbocycles. The molecule has 21 heavy (non-hydrogen) atoms. The Hall–Kier alpha value is -1.44. The number of rotatable bonds is 7. The molecule has 1 unspecified atom stereocenters. The Balaban J connectivity index is 3.00. The third-order valence-electron chi connectivity index (χ3n) is 3.16.